The van der Waals surface area contributed by atoms with Crippen molar-refractivity contribution >= 4 is 10.9 Å². The molecular formula is C14H17NO2. The van der Waals surface area contributed by atoms with Gasteiger partial charge in [-0.3, -0.25) is 4.98 Å². The van der Waals surface area contributed by atoms with Crippen molar-refractivity contribution < 1.29 is 9.84 Å². The molecular weight excluding hydrogens is 214 g/mol. The van der Waals surface area contributed by atoms with Gasteiger partial charge in [0.1, 0.15) is 6.10 Å². The molecule has 1 aromatic heterocycles. The predicted molar refractivity (Wildman–Crippen MR) is 67.8 cm³/mol. The van der Waals surface area contributed by atoms with Gasteiger partial charge in [0.25, 0.3) is 0 Å². The average Bonchev–Trinajstić information content (AvgIpc) is 2.39. The number of aromatic nitrogens is 1. The van der Waals surface area contributed by atoms with Gasteiger partial charge in [0.15, 0.2) is 0 Å². The molecule has 1 heterocycles. The molecule has 0 amide bonds. The first-order chi connectivity index (χ1) is 8.26. The molecule has 3 nitrogen and oxygen atoms in total. The van der Waals surface area contributed by atoms with Crippen molar-refractivity contribution in [2.45, 2.75) is 25.6 Å². The second-order valence-corrected chi connectivity index (χ2v) is 4.08. The van der Waals surface area contributed by atoms with Crippen LogP contribution in [0, 0.1) is 0 Å². The van der Waals surface area contributed by atoms with Crippen LogP contribution in [0.5, 0.6) is 0 Å². The molecule has 0 bridgehead atoms. The number of hydrogen-bond donors (Lipinski definition) is 1. The lowest BCUT2D eigenvalue weighted by molar-refractivity contribution is -0.0148. The van der Waals surface area contributed by atoms with Crippen LogP contribution in [0.1, 0.15) is 25.0 Å². The molecule has 1 N–H and O–H groups in total. The SMILES string of the molecule is CCC(OC)C(O)c1ccc2cccnc2c1. The highest BCUT2D eigenvalue weighted by molar-refractivity contribution is 5.78. The van der Waals surface area contributed by atoms with Crippen LogP contribution in [0.3, 0.4) is 0 Å². The summed E-state index contributed by atoms with van der Waals surface area (Å²) >= 11 is 0. The number of nitrogens with zero attached hydrogens (tertiary/aromatic N) is 1. The molecule has 2 atom stereocenters. The van der Waals surface area contributed by atoms with Gasteiger partial charge in [-0.1, -0.05) is 25.1 Å². The number of fused-ring (bicyclic) bond motifs is 1. The Morgan fingerprint density at radius 3 is 2.88 bits per heavy atom. The van der Waals surface area contributed by atoms with Crippen molar-refractivity contribution in [1.29, 1.82) is 0 Å². The molecule has 1 aromatic carbocycles. The molecule has 0 aliphatic heterocycles. The summed E-state index contributed by atoms with van der Waals surface area (Å²) in [4.78, 5) is 4.28. The minimum Gasteiger partial charge on any atom is -0.386 e. The molecule has 3 heteroatoms. The summed E-state index contributed by atoms with van der Waals surface area (Å²) in [7, 11) is 1.62. The highest BCUT2D eigenvalue weighted by Gasteiger charge is 2.18. The Balaban J connectivity index is 2.35. The quantitative estimate of drug-likeness (QED) is 0.879. The van der Waals surface area contributed by atoms with Crippen LogP contribution in [0.2, 0.25) is 0 Å². The molecule has 0 saturated carbocycles. The van der Waals surface area contributed by atoms with Gasteiger partial charge in [0.2, 0.25) is 0 Å². The molecule has 0 aliphatic rings. The smallest absolute Gasteiger partial charge is 0.105 e. The van der Waals surface area contributed by atoms with Crippen molar-refractivity contribution in [2.75, 3.05) is 7.11 Å². The normalized spacial score (nSPS) is 14.8. The Morgan fingerprint density at radius 2 is 2.18 bits per heavy atom. The van der Waals surface area contributed by atoms with Crippen molar-refractivity contribution in [3.8, 4) is 0 Å². The summed E-state index contributed by atoms with van der Waals surface area (Å²) in [5.41, 5.74) is 1.75. The van der Waals surface area contributed by atoms with Gasteiger partial charge in [-0.2, -0.15) is 0 Å². The molecule has 0 aliphatic carbocycles. The third-order valence-corrected chi connectivity index (χ3v) is 3.03. The van der Waals surface area contributed by atoms with Gasteiger partial charge < -0.3 is 9.84 Å². The first-order valence-corrected chi connectivity index (χ1v) is 5.81. The van der Waals surface area contributed by atoms with Crippen molar-refractivity contribution in [3.05, 3.63) is 42.1 Å². The number of rotatable bonds is 4. The summed E-state index contributed by atoms with van der Waals surface area (Å²) in [5.74, 6) is 0. The third kappa shape index (κ3) is 2.46. The lowest BCUT2D eigenvalue weighted by Gasteiger charge is -2.20. The zero-order valence-corrected chi connectivity index (χ0v) is 10.1. The van der Waals surface area contributed by atoms with E-state index < -0.39 is 6.10 Å². The van der Waals surface area contributed by atoms with E-state index in [-0.39, 0.29) is 6.10 Å². The number of benzene rings is 1. The number of ether oxygens (including phenoxy) is 1. The van der Waals surface area contributed by atoms with Gasteiger partial charge in [-0.25, -0.2) is 0 Å². The van der Waals surface area contributed by atoms with E-state index in [9.17, 15) is 5.11 Å². The van der Waals surface area contributed by atoms with Crippen LogP contribution >= 0.6 is 0 Å². The van der Waals surface area contributed by atoms with Crippen LogP contribution < -0.4 is 0 Å². The minimum atomic E-state index is -0.601. The second kappa shape index (κ2) is 5.25. The maximum Gasteiger partial charge on any atom is 0.105 e. The average molecular weight is 231 g/mol. The first kappa shape index (κ1) is 12.0. The lowest BCUT2D eigenvalue weighted by atomic mass is 10.0. The highest BCUT2D eigenvalue weighted by Crippen LogP contribution is 2.23. The molecule has 2 unspecified atom stereocenters. The Kier molecular flexibility index (Phi) is 3.71. The zero-order valence-electron chi connectivity index (χ0n) is 10.1. The molecule has 0 fully saturated rings. The topological polar surface area (TPSA) is 42.4 Å². The van der Waals surface area contributed by atoms with Crippen molar-refractivity contribution in [3.63, 3.8) is 0 Å². The van der Waals surface area contributed by atoms with Crippen LogP contribution in [-0.4, -0.2) is 23.3 Å². The zero-order chi connectivity index (χ0) is 12.3. The summed E-state index contributed by atoms with van der Waals surface area (Å²) in [6.07, 6.45) is 1.76. The number of hydrogen-bond acceptors (Lipinski definition) is 3. The molecule has 90 valence electrons. The Bertz CT molecular complexity index is 494. The standard InChI is InChI=1S/C14H17NO2/c1-3-13(17-2)14(16)11-7-6-10-5-4-8-15-12(10)9-11/h4-9,13-14,16H,3H2,1-2H3. The van der Waals surface area contributed by atoms with E-state index in [0.29, 0.717) is 0 Å². The summed E-state index contributed by atoms with van der Waals surface area (Å²) in [5, 5.41) is 11.3. The predicted octanol–water partition coefficient (Wildman–Crippen LogP) is 2.69. The fraction of sp³-hybridized carbons (Fsp3) is 0.357. The van der Waals surface area contributed by atoms with E-state index in [4.69, 9.17) is 4.74 Å². The van der Waals surface area contributed by atoms with Gasteiger partial charge in [0, 0.05) is 18.7 Å². The number of pyridine rings is 1. The van der Waals surface area contributed by atoms with E-state index in [2.05, 4.69) is 4.98 Å². The van der Waals surface area contributed by atoms with Crippen molar-refractivity contribution in [1.82, 2.24) is 4.98 Å². The number of methoxy groups -OCH3 is 1. The van der Waals surface area contributed by atoms with Crippen LogP contribution in [-0.2, 0) is 4.74 Å². The fourth-order valence-corrected chi connectivity index (χ4v) is 2.00. The first-order valence-electron chi connectivity index (χ1n) is 5.81. The highest BCUT2D eigenvalue weighted by atomic mass is 16.5. The van der Waals surface area contributed by atoms with E-state index in [0.717, 1.165) is 22.9 Å². The van der Waals surface area contributed by atoms with Gasteiger partial charge >= 0.3 is 0 Å². The number of aliphatic hydroxyl groups is 1. The largest absolute Gasteiger partial charge is 0.386 e. The van der Waals surface area contributed by atoms with Crippen LogP contribution in [0.4, 0.5) is 0 Å². The van der Waals surface area contributed by atoms with E-state index in [1.807, 2.05) is 37.3 Å². The molecule has 17 heavy (non-hydrogen) atoms. The maximum absolute atomic E-state index is 10.2. The monoisotopic (exact) mass is 231 g/mol. The van der Waals surface area contributed by atoms with E-state index in [1.165, 1.54) is 0 Å². The molecule has 0 spiro atoms. The van der Waals surface area contributed by atoms with Crippen LogP contribution in [0.25, 0.3) is 10.9 Å². The third-order valence-electron chi connectivity index (χ3n) is 3.03. The van der Waals surface area contributed by atoms with Crippen molar-refractivity contribution in [2.24, 2.45) is 0 Å². The molecule has 0 saturated heterocycles. The van der Waals surface area contributed by atoms with Gasteiger partial charge in [0.05, 0.1) is 11.6 Å². The molecule has 2 rings (SSSR count). The Hall–Kier alpha value is -1.45. The molecule has 0 radical (unpaired) electrons. The van der Waals surface area contributed by atoms with Gasteiger partial charge in [-0.15, -0.1) is 0 Å². The Morgan fingerprint density at radius 1 is 1.35 bits per heavy atom. The van der Waals surface area contributed by atoms with Crippen LogP contribution in [0.15, 0.2) is 36.5 Å². The number of aliphatic hydroxyl groups excluding tert-OH is 1. The summed E-state index contributed by atoms with van der Waals surface area (Å²) in [6.45, 7) is 2.00. The fourth-order valence-electron chi connectivity index (χ4n) is 2.00. The van der Waals surface area contributed by atoms with E-state index in [1.54, 1.807) is 13.3 Å². The minimum absolute atomic E-state index is 0.170. The second-order valence-electron chi connectivity index (χ2n) is 4.08. The summed E-state index contributed by atoms with van der Waals surface area (Å²) < 4.78 is 5.26. The summed E-state index contributed by atoms with van der Waals surface area (Å²) in [6, 6.07) is 9.73. The Labute approximate surface area is 101 Å². The van der Waals surface area contributed by atoms with E-state index >= 15 is 0 Å². The lowest BCUT2D eigenvalue weighted by Crippen LogP contribution is -2.19. The van der Waals surface area contributed by atoms with Gasteiger partial charge in [-0.05, 0) is 24.1 Å². The molecule has 2 aromatic rings. The maximum atomic E-state index is 10.2.